The van der Waals surface area contributed by atoms with Crippen molar-refractivity contribution < 1.29 is 14.0 Å². The standard InChI is InChI=1S/C18H18N2O3S/c1-10-5-4-6-15-17(10)20-18(24-15)19-16(22)8-7-13-9-14(11(2)21)12(3)23-13/h4-6,9H,7-8H2,1-3H3,(H,19,20,22). The molecule has 0 saturated carbocycles. The number of thiazole rings is 1. The number of hydrogen-bond donors (Lipinski definition) is 1. The summed E-state index contributed by atoms with van der Waals surface area (Å²) in [5.41, 5.74) is 2.59. The smallest absolute Gasteiger partial charge is 0.226 e. The van der Waals surface area contributed by atoms with Crippen LogP contribution in [-0.4, -0.2) is 16.7 Å². The lowest BCUT2D eigenvalue weighted by atomic mass is 10.1. The molecule has 0 atom stereocenters. The number of fused-ring (bicyclic) bond motifs is 1. The van der Waals surface area contributed by atoms with E-state index in [0.717, 1.165) is 15.8 Å². The van der Waals surface area contributed by atoms with E-state index < -0.39 is 0 Å². The number of amides is 1. The van der Waals surface area contributed by atoms with Crippen LogP contribution < -0.4 is 5.32 Å². The summed E-state index contributed by atoms with van der Waals surface area (Å²) in [6, 6.07) is 7.68. The molecule has 2 aromatic heterocycles. The Balaban J connectivity index is 1.64. The van der Waals surface area contributed by atoms with Crippen LogP contribution in [0.2, 0.25) is 0 Å². The van der Waals surface area contributed by atoms with Crippen LogP contribution in [0.1, 0.15) is 40.8 Å². The maximum Gasteiger partial charge on any atom is 0.226 e. The van der Waals surface area contributed by atoms with Crippen molar-refractivity contribution in [2.24, 2.45) is 0 Å². The van der Waals surface area contributed by atoms with Crippen LogP contribution in [0.15, 0.2) is 28.7 Å². The zero-order valence-electron chi connectivity index (χ0n) is 13.8. The molecule has 0 saturated heterocycles. The van der Waals surface area contributed by atoms with Gasteiger partial charge < -0.3 is 9.73 Å². The average molecular weight is 342 g/mol. The molecule has 0 spiro atoms. The Morgan fingerprint density at radius 2 is 2.08 bits per heavy atom. The summed E-state index contributed by atoms with van der Waals surface area (Å²) in [6.07, 6.45) is 0.725. The van der Waals surface area contributed by atoms with Gasteiger partial charge in [0.05, 0.1) is 15.8 Å². The highest BCUT2D eigenvalue weighted by Gasteiger charge is 2.13. The normalized spacial score (nSPS) is 11.0. The average Bonchev–Trinajstić information content (AvgIpc) is 3.09. The lowest BCUT2D eigenvalue weighted by molar-refractivity contribution is -0.116. The molecule has 0 bridgehead atoms. The summed E-state index contributed by atoms with van der Waals surface area (Å²) in [4.78, 5) is 28.0. The lowest BCUT2D eigenvalue weighted by Gasteiger charge is -1.99. The molecule has 0 aliphatic carbocycles. The van der Waals surface area contributed by atoms with Gasteiger partial charge in [0.25, 0.3) is 0 Å². The van der Waals surface area contributed by atoms with E-state index in [1.165, 1.54) is 18.3 Å². The fourth-order valence-corrected chi connectivity index (χ4v) is 3.53. The number of carbonyl (C=O) groups is 2. The molecule has 0 fully saturated rings. The Morgan fingerprint density at radius 3 is 2.75 bits per heavy atom. The summed E-state index contributed by atoms with van der Waals surface area (Å²) in [7, 11) is 0. The number of hydrogen-bond acceptors (Lipinski definition) is 5. The summed E-state index contributed by atoms with van der Waals surface area (Å²) in [5, 5.41) is 3.43. The topological polar surface area (TPSA) is 72.2 Å². The van der Waals surface area contributed by atoms with E-state index in [0.29, 0.717) is 28.6 Å². The molecular formula is C18H18N2O3S. The van der Waals surface area contributed by atoms with Gasteiger partial charge in [0.1, 0.15) is 11.5 Å². The summed E-state index contributed by atoms with van der Waals surface area (Å²) < 4.78 is 6.58. The number of nitrogens with one attached hydrogen (secondary N) is 1. The number of para-hydroxylation sites is 1. The molecule has 24 heavy (non-hydrogen) atoms. The van der Waals surface area contributed by atoms with Crippen LogP contribution >= 0.6 is 11.3 Å². The van der Waals surface area contributed by atoms with Crippen molar-refractivity contribution in [1.82, 2.24) is 4.98 Å². The van der Waals surface area contributed by atoms with Crippen LogP contribution in [0.5, 0.6) is 0 Å². The first-order valence-corrected chi connectivity index (χ1v) is 8.52. The minimum Gasteiger partial charge on any atom is -0.466 e. The van der Waals surface area contributed by atoms with Gasteiger partial charge in [-0.3, -0.25) is 9.59 Å². The van der Waals surface area contributed by atoms with Gasteiger partial charge in [0.2, 0.25) is 5.91 Å². The molecule has 0 aliphatic rings. The fraction of sp³-hybridized carbons (Fsp3) is 0.278. The zero-order valence-corrected chi connectivity index (χ0v) is 14.6. The van der Waals surface area contributed by atoms with Crippen LogP contribution in [0.4, 0.5) is 5.13 Å². The third-order valence-electron chi connectivity index (χ3n) is 3.81. The zero-order chi connectivity index (χ0) is 17.3. The third-order valence-corrected chi connectivity index (χ3v) is 4.75. The van der Waals surface area contributed by atoms with E-state index in [-0.39, 0.29) is 18.1 Å². The second-order valence-corrected chi connectivity index (χ2v) is 6.76. The Labute approximate surface area is 143 Å². The number of Topliss-reactive ketones (excluding diaryl/α,β-unsaturated/α-hetero) is 1. The molecule has 0 radical (unpaired) electrons. The number of ketones is 1. The molecule has 124 valence electrons. The van der Waals surface area contributed by atoms with Crippen LogP contribution in [-0.2, 0) is 11.2 Å². The predicted molar refractivity (Wildman–Crippen MR) is 94.8 cm³/mol. The van der Waals surface area contributed by atoms with E-state index in [1.54, 1.807) is 13.0 Å². The van der Waals surface area contributed by atoms with Gasteiger partial charge in [-0.15, -0.1) is 0 Å². The number of nitrogens with zero attached hydrogens (tertiary/aromatic N) is 1. The minimum absolute atomic E-state index is 0.0307. The van der Waals surface area contributed by atoms with Crippen molar-refractivity contribution in [2.45, 2.75) is 33.6 Å². The number of furan rings is 1. The molecule has 1 amide bonds. The molecular weight excluding hydrogens is 324 g/mol. The summed E-state index contributed by atoms with van der Waals surface area (Å²) in [5.74, 6) is 1.09. The van der Waals surface area contributed by atoms with Gasteiger partial charge >= 0.3 is 0 Å². The Morgan fingerprint density at radius 1 is 1.29 bits per heavy atom. The van der Waals surface area contributed by atoms with E-state index in [4.69, 9.17) is 4.42 Å². The number of carbonyl (C=O) groups excluding carboxylic acids is 2. The van der Waals surface area contributed by atoms with Gasteiger partial charge in [-0.1, -0.05) is 23.5 Å². The highest BCUT2D eigenvalue weighted by atomic mass is 32.1. The Kier molecular flexibility index (Phi) is 4.49. The van der Waals surface area contributed by atoms with Crippen molar-refractivity contribution in [3.63, 3.8) is 0 Å². The van der Waals surface area contributed by atoms with E-state index in [2.05, 4.69) is 10.3 Å². The van der Waals surface area contributed by atoms with Crippen molar-refractivity contribution in [2.75, 3.05) is 5.32 Å². The van der Waals surface area contributed by atoms with Gasteiger partial charge in [0, 0.05) is 12.8 Å². The van der Waals surface area contributed by atoms with Crippen LogP contribution in [0.3, 0.4) is 0 Å². The van der Waals surface area contributed by atoms with Gasteiger partial charge in [-0.2, -0.15) is 0 Å². The van der Waals surface area contributed by atoms with Gasteiger partial charge in [0.15, 0.2) is 10.9 Å². The molecule has 6 heteroatoms. The third kappa shape index (κ3) is 3.38. The maximum atomic E-state index is 12.1. The van der Waals surface area contributed by atoms with Crippen molar-refractivity contribution >= 4 is 38.4 Å². The van der Waals surface area contributed by atoms with Crippen molar-refractivity contribution in [3.8, 4) is 0 Å². The SMILES string of the molecule is CC(=O)c1cc(CCC(=O)Nc2nc3c(C)cccc3s2)oc1C. The first-order chi connectivity index (χ1) is 11.4. The van der Waals surface area contributed by atoms with E-state index in [1.807, 2.05) is 25.1 Å². The van der Waals surface area contributed by atoms with Gasteiger partial charge in [-0.05, 0) is 38.5 Å². The fourth-order valence-electron chi connectivity index (χ4n) is 2.57. The molecule has 1 aromatic carbocycles. The highest BCUT2D eigenvalue weighted by molar-refractivity contribution is 7.22. The number of aryl methyl sites for hydroxylation is 3. The Hall–Kier alpha value is -2.47. The lowest BCUT2D eigenvalue weighted by Crippen LogP contribution is -2.11. The summed E-state index contributed by atoms with van der Waals surface area (Å²) in [6.45, 7) is 5.26. The largest absolute Gasteiger partial charge is 0.466 e. The van der Waals surface area contributed by atoms with Crippen LogP contribution in [0.25, 0.3) is 10.2 Å². The molecule has 0 unspecified atom stereocenters. The molecule has 2 heterocycles. The second kappa shape index (κ2) is 6.57. The molecule has 0 aliphatic heterocycles. The van der Waals surface area contributed by atoms with Crippen LogP contribution in [0, 0.1) is 13.8 Å². The minimum atomic E-state index is -0.120. The quantitative estimate of drug-likeness (QED) is 0.702. The summed E-state index contributed by atoms with van der Waals surface area (Å²) >= 11 is 1.46. The second-order valence-electron chi connectivity index (χ2n) is 5.73. The predicted octanol–water partition coefficient (Wildman–Crippen LogP) is 4.28. The first kappa shape index (κ1) is 16.4. The number of benzene rings is 1. The Bertz CT molecular complexity index is 924. The highest BCUT2D eigenvalue weighted by Crippen LogP contribution is 2.28. The van der Waals surface area contributed by atoms with Crippen molar-refractivity contribution in [1.29, 1.82) is 0 Å². The molecule has 3 rings (SSSR count). The maximum absolute atomic E-state index is 12.1. The first-order valence-electron chi connectivity index (χ1n) is 7.70. The van der Waals surface area contributed by atoms with Crippen molar-refractivity contribution in [3.05, 3.63) is 46.9 Å². The number of anilines is 1. The molecule has 5 nitrogen and oxygen atoms in total. The van der Waals surface area contributed by atoms with E-state index in [9.17, 15) is 9.59 Å². The monoisotopic (exact) mass is 342 g/mol. The molecule has 1 N–H and O–H groups in total. The number of aromatic nitrogens is 1. The number of rotatable bonds is 5. The van der Waals surface area contributed by atoms with Gasteiger partial charge in [-0.25, -0.2) is 4.98 Å². The molecule has 3 aromatic rings. The van der Waals surface area contributed by atoms with E-state index >= 15 is 0 Å².